The number of hydrogen-bond donors (Lipinski definition) is 2. The van der Waals surface area contributed by atoms with Crippen molar-refractivity contribution < 1.29 is 14.3 Å². The summed E-state index contributed by atoms with van der Waals surface area (Å²) < 4.78 is 11.9. The molecule has 0 spiro atoms. The van der Waals surface area contributed by atoms with Gasteiger partial charge in [0, 0.05) is 27.7 Å². The van der Waals surface area contributed by atoms with Crippen molar-refractivity contribution in [1.82, 2.24) is 0 Å². The lowest BCUT2D eigenvalue weighted by Crippen LogP contribution is -2.27. The molecule has 2 N–H and O–H groups in total. The number of halogens is 1. The van der Waals surface area contributed by atoms with Crippen molar-refractivity contribution in [1.29, 1.82) is 0 Å². The first-order chi connectivity index (χ1) is 16.1. The van der Waals surface area contributed by atoms with Gasteiger partial charge in [0.2, 0.25) is 0 Å². The molecule has 0 aromatic heterocycles. The number of ketones is 1. The third-order valence-electron chi connectivity index (χ3n) is 6.40. The van der Waals surface area contributed by atoms with Crippen LogP contribution in [0.3, 0.4) is 0 Å². The van der Waals surface area contributed by atoms with Gasteiger partial charge in [-0.2, -0.15) is 0 Å². The molecule has 2 atom stereocenters. The average molecular weight is 505 g/mol. The third kappa shape index (κ3) is 4.11. The van der Waals surface area contributed by atoms with Gasteiger partial charge in [-0.1, -0.05) is 40.2 Å². The molecule has 168 valence electrons. The minimum atomic E-state index is -0.326. The van der Waals surface area contributed by atoms with E-state index >= 15 is 0 Å². The molecule has 1 aliphatic carbocycles. The van der Waals surface area contributed by atoms with E-state index in [4.69, 9.17) is 9.47 Å². The summed E-state index contributed by atoms with van der Waals surface area (Å²) in [5, 5.41) is 7.20. The van der Waals surface area contributed by atoms with Crippen molar-refractivity contribution in [3.63, 3.8) is 0 Å². The first-order valence-electron chi connectivity index (χ1n) is 10.9. The minimum Gasteiger partial charge on any atom is -0.497 e. The zero-order chi connectivity index (χ0) is 22.9. The van der Waals surface area contributed by atoms with E-state index in [1.807, 2.05) is 54.6 Å². The molecule has 33 heavy (non-hydrogen) atoms. The van der Waals surface area contributed by atoms with Gasteiger partial charge in [-0.25, -0.2) is 0 Å². The fourth-order valence-corrected chi connectivity index (χ4v) is 5.15. The van der Waals surface area contributed by atoms with Crippen LogP contribution in [0.1, 0.15) is 35.9 Å². The normalized spacial score (nSPS) is 19.5. The first-order valence-corrected chi connectivity index (χ1v) is 11.7. The number of anilines is 2. The summed E-state index contributed by atoms with van der Waals surface area (Å²) in [7, 11) is 3.32. The molecule has 2 aliphatic rings. The topological polar surface area (TPSA) is 59.6 Å². The van der Waals surface area contributed by atoms with Crippen LogP contribution in [-0.4, -0.2) is 20.0 Å². The molecule has 5 nitrogen and oxygen atoms in total. The molecule has 0 radical (unpaired) electrons. The molecule has 5 rings (SSSR count). The van der Waals surface area contributed by atoms with E-state index in [2.05, 4.69) is 38.7 Å². The highest BCUT2D eigenvalue weighted by molar-refractivity contribution is 9.10. The second-order valence-corrected chi connectivity index (χ2v) is 9.24. The molecule has 0 saturated carbocycles. The number of Topliss-reactive ketones (excluding diaryl/α,β-unsaturated/α-hetero) is 1. The summed E-state index contributed by atoms with van der Waals surface area (Å²) in [6.45, 7) is 0. The van der Waals surface area contributed by atoms with Gasteiger partial charge < -0.3 is 20.1 Å². The van der Waals surface area contributed by atoms with Crippen LogP contribution in [0.5, 0.6) is 11.5 Å². The van der Waals surface area contributed by atoms with Crippen molar-refractivity contribution in [3.8, 4) is 11.5 Å². The number of benzene rings is 3. The van der Waals surface area contributed by atoms with Crippen molar-refractivity contribution in [2.75, 3.05) is 24.9 Å². The van der Waals surface area contributed by atoms with Crippen molar-refractivity contribution >= 4 is 33.1 Å². The highest BCUT2D eigenvalue weighted by atomic mass is 79.9. The van der Waals surface area contributed by atoms with Crippen molar-refractivity contribution in [2.24, 2.45) is 0 Å². The number of rotatable bonds is 4. The number of fused-ring (bicyclic) bond motifs is 1. The van der Waals surface area contributed by atoms with E-state index in [1.54, 1.807) is 14.2 Å². The van der Waals surface area contributed by atoms with Gasteiger partial charge in [0.25, 0.3) is 0 Å². The van der Waals surface area contributed by atoms with E-state index in [-0.39, 0.29) is 17.7 Å². The summed E-state index contributed by atoms with van der Waals surface area (Å²) in [5.74, 6) is 1.79. The van der Waals surface area contributed by atoms with E-state index in [0.717, 1.165) is 56.2 Å². The maximum atomic E-state index is 13.7. The Bertz CT molecular complexity index is 1240. The number of para-hydroxylation sites is 2. The fraction of sp³-hybridized carbons (Fsp3) is 0.222. The molecule has 0 saturated heterocycles. The Kier molecular flexibility index (Phi) is 5.85. The molecule has 0 amide bonds. The highest BCUT2D eigenvalue weighted by Crippen LogP contribution is 2.46. The Balaban J connectivity index is 1.61. The number of methoxy groups -OCH3 is 2. The van der Waals surface area contributed by atoms with Crippen molar-refractivity contribution in [2.45, 2.75) is 24.8 Å². The molecule has 1 aliphatic heterocycles. The van der Waals surface area contributed by atoms with Gasteiger partial charge >= 0.3 is 0 Å². The smallest absolute Gasteiger partial charge is 0.163 e. The minimum absolute atomic E-state index is 0.102. The Morgan fingerprint density at radius 2 is 1.67 bits per heavy atom. The van der Waals surface area contributed by atoms with Gasteiger partial charge in [0.15, 0.2) is 5.78 Å². The number of carbonyl (C=O) groups excluding carboxylic acids is 1. The quantitative estimate of drug-likeness (QED) is 0.427. The van der Waals surface area contributed by atoms with Crippen molar-refractivity contribution in [3.05, 3.63) is 93.6 Å². The van der Waals surface area contributed by atoms with Crippen LogP contribution in [0.2, 0.25) is 0 Å². The standard InChI is InChI=1S/C27H25BrN2O3/c1-32-19-10-7-16(8-11-19)17-13-23-26(24(31)14-17)27(20-15-18(28)9-12-25(20)33-2)30-22-6-4-3-5-21(22)29-23/h3-12,15,17,27,29-30H,13-14H2,1-2H3/t17-,27-/m0/s1. The summed E-state index contributed by atoms with van der Waals surface area (Å²) in [5.41, 5.74) is 5.70. The number of ether oxygens (including phenoxy) is 2. The predicted molar refractivity (Wildman–Crippen MR) is 134 cm³/mol. The molecule has 0 bridgehead atoms. The third-order valence-corrected chi connectivity index (χ3v) is 6.89. The number of allylic oxidation sites excluding steroid dienone is 1. The first kappa shape index (κ1) is 21.6. The molecular weight excluding hydrogens is 480 g/mol. The van der Waals surface area contributed by atoms with Gasteiger partial charge in [-0.3, -0.25) is 4.79 Å². The zero-order valence-corrected chi connectivity index (χ0v) is 20.1. The molecular formula is C27H25BrN2O3. The average Bonchev–Trinajstić information content (AvgIpc) is 3.01. The Labute approximate surface area is 201 Å². The fourth-order valence-electron chi connectivity index (χ4n) is 4.77. The van der Waals surface area contributed by atoms with Gasteiger partial charge in [-0.05, 0) is 60.4 Å². The number of nitrogens with one attached hydrogen (secondary N) is 2. The summed E-state index contributed by atoms with van der Waals surface area (Å²) >= 11 is 3.59. The van der Waals surface area contributed by atoms with Crippen LogP contribution in [0.4, 0.5) is 11.4 Å². The molecule has 0 fully saturated rings. The number of carbonyl (C=O) groups is 1. The zero-order valence-electron chi connectivity index (χ0n) is 18.5. The number of hydrogen-bond acceptors (Lipinski definition) is 5. The lowest BCUT2D eigenvalue weighted by Gasteiger charge is -2.30. The van der Waals surface area contributed by atoms with E-state index in [0.29, 0.717) is 6.42 Å². The predicted octanol–water partition coefficient (Wildman–Crippen LogP) is 6.45. The molecule has 3 aromatic carbocycles. The monoisotopic (exact) mass is 504 g/mol. The van der Waals surface area contributed by atoms with Crippen LogP contribution < -0.4 is 20.1 Å². The SMILES string of the molecule is COc1ccc([C@@H]2CC(=O)C3=C(C2)Nc2ccccc2N[C@H]3c2cc(Br)ccc2OC)cc1. The maximum absolute atomic E-state index is 13.7. The van der Waals surface area contributed by atoms with Crippen LogP contribution in [0, 0.1) is 0 Å². The Morgan fingerprint density at radius 3 is 2.39 bits per heavy atom. The largest absolute Gasteiger partial charge is 0.497 e. The molecule has 6 heteroatoms. The highest BCUT2D eigenvalue weighted by Gasteiger charge is 2.37. The van der Waals surface area contributed by atoms with E-state index in [1.165, 1.54) is 0 Å². The second kappa shape index (κ2) is 8.94. The lowest BCUT2D eigenvalue weighted by atomic mass is 9.78. The van der Waals surface area contributed by atoms with Crippen LogP contribution in [0.25, 0.3) is 0 Å². The van der Waals surface area contributed by atoms with Crippen LogP contribution in [0.15, 0.2) is 82.5 Å². The summed E-state index contributed by atoms with van der Waals surface area (Å²) in [6.07, 6.45) is 1.20. The maximum Gasteiger partial charge on any atom is 0.163 e. The molecule has 3 aromatic rings. The summed E-state index contributed by atoms with van der Waals surface area (Å²) in [6, 6.07) is 21.7. The van der Waals surface area contributed by atoms with E-state index < -0.39 is 0 Å². The van der Waals surface area contributed by atoms with Crippen LogP contribution >= 0.6 is 15.9 Å². The second-order valence-electron chi connectivity index (χ2n) is 8.33. The van der Waals surface area contributed by atoms with Gasteiger partial charge in [0.1, 0.15) is 11.5 Å². The van der Waals surface area contributed by atoms with E-state index in [9.17, 15) is 4.79 Å². The molecule has 1 heterocycles. The Hall–Kier alpha value is -3.25. The Morgan fingerprint density at radius 1 is 0.909 bits per heavy atom. The van der Waals surface area contributed by atoms with Crippen LogP contribution in [-0.2, 0) is 4.79 Å². The lowest BCUT2D eigenvalue weighted by molar-refractivity contribution is -0.116. The molecule has 0 unspecified atom stereocenters. The van der Waals surface area contributed by atoms with Gasteiger partial charge in [0.05, 0.1) is 31.6 Å². The van der Waals surface area contributed by atoms with Gasteiger partial charge in [-0.15, -0.1) is 0 Å². The summed E-state index contributed by atoms with van der Waals surface area (Å²) in [4.78, 5) is 13.7.